The molecule has 0 saturated carbocycles. The number of fused-ring (bicyclic) bond motifs is 1. The maximum absolute atomic E-state index is 6.12. The molecule has 0 spiro atoms. The Morgan fingerprint density at radius 1 is 1.18 bits per heavy atom. The van der Waals surface area contributed by atoms with E-state index < -0.39 is 0 Å². The Bertz CT molecular complexity index is 911. The van der Waals surface area contributed by atoms with Gasteiger partial charge in [-0.2, -0.15) is 16.9 Å². The van der Waals surface area contributed by atoms with E-state index in [1.807, 2.05) is 28.6 Å². The average Bonchev–Trinajstić information content (AvgIpc) is 3.34. The number of piperidine rings is 1. The number of thioether (sulfide) groups is 1. The van der Waals surface area contributed by atoms with Gasteiger partial charge in [-0.05, 0) is 70.8 Å². The van der Waals surface area contributed by atoms with Crippen LogP contribution in [0.15, 0.2) is 28.7 Å². The van der Waals surface area contributed by atoms with Crippen LogP contribution in [0, 0.1) is 0 Å². The zero-order valence-corrected chi connectivity index (χ0v) is 17.8. The van der Waals surface area contributed by atoms with Gasteiger partial charge >= 0.3 is 0 Å². The van der Waals surface area contributed by atoms with E-state index in [1.165, 1.54) is 18.7 Å². The fourth-order valence-electron chi connectivity index (χ4n) is 3.97. The predicted octanol–water partition coefficient (Wildman–Crippen LogP) is 4.60. The second-order valence-corrected chi connectivity index (χ2v) is 8.80. The van der Waals surface area contributed by atoms with E-state index >= 15 is 0 Å². The topological polar surface area (TPSA) is 60.0 Å². The van der Waals surface area contributed by atoms with Crippen molar-refractivity contribution in [2.75, 3.05) is 31.6 Å². The molecule has 0 amide bonds. The van der Waals surface area contributed by atoms with Crippen molar-refractivity contribution in [3.63, 3.8) is 0 Å². The first-order valence-electron chi connectivity index (χ1n) is 10.2. The minimum absolute atomic E-state index is 0.275. The fraction of sp³-hybridized carbons (Fsp3) is 0.571. The van der Waals surface area contributed by atoms with Crippen molar-refractivity contribution in [1.29, 1.82) is 0 Å². The number of likely N-dealkylation sites (tertiary alicyclic amines) is 1. The molecule has 1 aliphatic heterocycles. The lowest BCUT2D eigenvalue weighted by Gasteiger charge is -2.30. The number of benzene rings is 1. The fourth-order valence-corrected chi connectivity index (χ4v) is 4.39. The van der Waals surface area contributed by atoms with Crippen molar-refractivity contribution >= 4 is 22.7 Å². The number of hydrogen-bond acceptors (Lipinski definition) is 6. The first-order chi connectivity index (χ1) is 13.7. The monoisotopic (exact) mass is 399 g/mol. The molecular weight excluding hydrogens is 370 g/mol. The zero-order valence-electron chi connectivity index (χ0n) is 17.0. The molecule has 1 saturated heterocycles. The van der Waals surface area contributed by atoms with Crippen molar-refractivity contribution in [2.24, 2.45) is 0 Å². The Labute approximate surface area is 170 Å². The molecule has 6 nitrogen and oxygen atoms in total. The van der Waals surface area contributed by atoms with Gasteiger partial charge in [0.2, 0.25) is 5.89 Å². The summed E-state index contributed by atoms with van der Waals surface area (Å²) in [5.41, 5.74) is 1.89. The highest BCUT2D eigenvalue weighted by Crippen LogP contribution is 2.32. The molecule has 0 aliphatic carbocycles. The summed E-state index contributed by atoms with van der Waals surface area (Å²) in [7, 11) is 0. The standard InChI is InChI=1S/C21H29N5OS/c1-15(2)26-18-8-5-4-7-17(18)19(24-26)21-23-22-20(27-21)16-9-12-25(13-10-16)11-6-14-28-3/h4-5,7-8,15-16H,6,9-14H2,1-3H3. The summed E-state index contributed by atoms with van der Waals surface area (Å²) in [5.74, 6) is 2.90. The summed E-state index contributed by atoms with van der Waals surface area (Å²) in [6.45, 7) is 7.69. The van der Waals surface area contributed by atoms with Crippen molar-refractivity contribution in [3.05, 3.63) is 30.2 Å². The SMILES string of the molecule is CSCCCN1CCC(c2nnc(-c3nn(C(C)C)c4ccccc34)o2)CC1. The molecule has 1 fully saturated rings. The molecule has 28 heavy (non-hydrogen) atoms. The highest BCUT2D eigenvalue weighted by molar-refractivity contribution is 7.98. The van der Waals surface area contributed by atoms with Crippen LogP contribution >= 0.6 is 11.8 Å². The third-order valence-corrected chi connectivity index (χ3v) is 6.20. The Morgan fingerprint density at radius 2 is 1.96 bits per heavy atom. The highest BCUT2D eigenvalue weighted by atomic mass is 32.2. The van der Waals surface area contributed by atoms with Gasteiger partial charge in [0.15, 0.2) is 5.69 Å². The number of hydrogen-bond donors (Lipinski definition) is 0. The molecule has 0 radical (unpaired) electrons. The van der Waals surface area contributed by atoms with E-state index in [9.17, 15) is 0 Å². The number of rotatable bonds is 7. The molecule has 1 aromatic carbocycles. The number of nitrogens with zero attached hydrogens (tertiary/aromatic N) is 5. The maximum Gasteiger partial charge on any atom is 0.268 e. The van der Waals surface area contributed by atoms with Crippen LogP contribution < -0.4 is 0 Å². The Morgan fingerprint density at radius 3 is 2.71 bits per heavy atom. The van der Waals surface area contributed by atoms with Gasteiger partial charge in [0.25, 0.3) is 5.89 Å². The Kier molecular flexibility index (Phi) is 6.01. The second-order valence-electron chi connectivity index (χ2n) is 7.81. The molecule has 1 aliphatic rings. The van der Waals surface area contributed by atoms with Gasteiger partial charge < -0.3 is 9.32 Å². The highest BCUT2D eigenvalue weighted by Gasteiger charge is 2.26. The van der Waals surface area contributed by atoms with Gasteiger partial charge in [0, 0.05) is 17.3 Å². The first kappa shape index (κ1) is 19.5. The molecule has 4 rings (SSSR count). The van der Waals surface area contributed by atoms with Gasteiger partial charge in [0.05, 0.1) is 5.52 Å². The lowest BCUT2D eigenvalue weighted by Crippen LogP contribution is -2.34. The first-order valence-corrected chi connectivity index (χ1v) is 11.6. The Hall–Kier alpha value is -1.86. The van der Waals surface area contributed by atoms with E-state index in [0.717, 1.165) is 48.4 Å². The van der Waals surface area contributed by atoms with Gasteiger partial charge in [-0.3, -0.25) is 4.68 Å². The summed E-state index contributed by atoms with van der Waals surface area (Å²) in [5, 5.41) is 14.6. The van der Waals surface area contributed by atoms with Crippen LogP contribution in [0.1, 0.15) is 51.0 Å². The molecular formula is C21H29N5OS. The minimum Gasteiger partial charge on any atom is -0.419 e. The normalized spacial score (nSPS) is 16.4. The third-order valence-electron chi connectivity index (χ3n) is 5.51. The number of para-hydroxylation sites is 1. The predicted molar refractivity (Wildman–Crippen MR) is 115 cm³/mol. The molecule has 3 aromatic rings. The molecule has 0 N–H and O–H groups in total. The molecule has 0 atom stereocenters. The summed E-state index contributed by atoms with van der Waals surface area (Å²) < 4.78 is 8.15. The van der Waals surface area contributed by atoms with Gasteiger partial charge in [-0.1, -0.05) is 18.2 Å². The molecule has 0 bridgehead atoms. The molecule has 2 aromatic heterocycles. The third kappa shape index (κ3) is 3.96. The van der Waals surface area contributed by atoms with Crippen LogP contribution in [0.3, 0.4) is 0 Å². The average molecular weight is 400 g/mol. The maximum atomic E-state index is 6.12. The van der Waals surface area contributed by atoms with Crippen molar-refractivity contribution in [2.45, 2.75) is 45.1 Å². The van der Waals surface area contributed by atoms with Crippen LogP contribution in [0.4, 0.5) is 0 Å². The zero-order chi connectivity index (χ0) is 19.5. The Balaban J connectivity index is 1.49. The van der Waals surface area contributed by atoms with E-state index in [-0.39, 0.29) is 6.04 Å². The van der Waals surface area contributed by atoms with Gasteiger partial charge in [-0.25, -0.2) is 0 Å². The molecule has 7 heteroatoms. The lowest BCUT2D eigenvalue weighted by atomic mass is 9.97. The summed E-state index contributed by atoms with van der Waals surface area (Å²) in [4.78, 5) is 2.56. The van der Waals surface area contributed by atoms with Crippen LogP contribution in [-0.4, -0.2) is 56.5 Å². The summed E-state index contributed by atoms with van der Waals surface area (Å²) in [6, 6.07) is 8.52. The van der Waals surface area contributed by atoms with Crippen LogP contribution in [0.5, 0.6) is 0 Å². The van der Waals surface area contributed by atoms with Gasteiger partial charge in [0.1, 0.15) is 0 Å². The van der Waals surface area contributed by atoms with Crippen molar-refractivity contribution < 1.29 is 4.42 Å². The van der Waals surface area contributed by atoms with E-state index in [4.69, 9.17) is 9.52 Å². The quantitative estimate of drug-likeness (QED) is 0.541. The van der Waals surface area contributed by atoms with Gasteiger partial charge in [-0.15, -0.1) is 10.2 Å². The van der Waals surface area contributed by atoms with Crippen LogP contribution in [0.25, 0.3) is 22.5 Å². The summed E-state index contributed by atoms with van der Waals surface area (Å²) in [6.07, 6.45) is 5.61. The van der Waals surface area contributed by atoms with E-state index in [2.05, 4.69) is 47.3 Å². The molecule has 0 unspecified atom stereocenters. The van der Waals surface area contributed by atoms with Crippen molar-refractivity contribution in [1.82, 2.24) is 24.9 Å². The van der Waals surface area contributed by atoms with E-state index in [1.54, 1.807) is 0 Å². The van der Waals surface area contributed by atoms with Crippen LogP contribution in [0.2, 0.25) is 0 Å². The van der Waals surface area contributed by atoms with Crippen molar-refractivity contribution in [3.8, 4) is 11.6 Å². The minimum atomic E-state index is 0.275. The smallest absolute Gasteiger partial charge is 0.268 e. The number of aromatic nitrogens is 4. The summed E-state index contributed by atoms with van der Waals surface area (Å²) >= 11 is 1.92. The second kappa shape index (κ2) is 8.66. The lowest BCUT2D eigenvalue weighted by molar-refractivity contribution is 0.201. The molecule has 150 valence electrons. The molecule has 3 heterocycles. The van der Waals surface area contributed by atoms with E-state index in [0.29, 0.717) is 11.8 Å². The largest absolute Gasteiger partial charge is 0.419 e. The van der Waals surface area contributed by atoms with Crippen LogP contribution in [-0.2, 0) is 0 Å².